The van der Waals surface area contributed by atoms with E-state index in [2.05, 4.69) is 29.3 Å². The molecule has 4 nitrogen and oxygen atoms in total. The van der Waals surface area contributed by atoms with Gasteiger partial charge in [0.2, 0.25) is 5.91 Å². The molecule has 0 aliphatic carbocycles. The Kier molecular flexibility index (Phi) is 18.4. The lowest BCUT2D eigenvalue weighted by Gasteiger charge is -2.26. The maximum absolute atomic E-state index is 11.9. The smallest absolute Gasteiger partial charge is 0.219 e. The molecule has 1 N–H and O–H groups in total. The van der Waals surface area contributed by atoms with Gasteiger partial charge in [-0.2, -0.15) is 0 Å². The Morgan fingerprint density at radius 3 is 2.07 bits per heavy atom. The number of ether oxygens (including phenoxy) is 1. The molecule has 1 heterocycles. The molecule has 170 valence electrons. The number of nitrogens with one attached hydrogen (secondary N) is 1. The van der Waals surface area contributed by atoms with Crippen LogP contribution in [0.15, 0.2) is 12.2 Å². The molecule has 1 saturated heterocycles. The van der Waals surface area contributed by atoms with Crippen molar-refractivity contribution in [2.75, 3.05) is 39.4 Å². The highest BCUT2D eigenvalue weighted by Crippen LogP contribution is 2.10. The van der Waals surface area contributed by atoms with Crippen LogP contribution >= 0.6 is 0 Å². The normalized spacial score (nSPS) is 15.2. The van der Waals surface area contributed by atoms with E-state index >= 15 is 0 Å². The second kappa shape index (κ2) is 20.4. The Bertz CT molecular complexity index is 392. The van der Waals surface area contributed by atoms with Gasteiger partial charge >= 0.3 is 0 Å². The van der Waals surface area contributed by atoms with Crippen molar-refractivity contribution in [3.05, 3.63) is 12.2 Å². The van der Waals surface area contributed by atoms with Crippen LogP contribution in [0.3, 0.4) is 0 Å². The standard InChI is InChI=1S/C25H48N2O2/c1-2-3-4-5-6-7-8-9-10-11-12-13-14-15-16-18-25(28)26-19-17-20-27-21-23-29-24-22-27/h9-10H,2-8,11-24H2,1H3,(H,26,28). The van der Waals surface area contributed by atoms with Crippen LogP contribution in [0.2, 0.25) is 0 Å². The zero-order valence-corrected chi connectivity index (χ0v) is 19.3. The minimum atomic E-state index is 0.226. The average Bonchev–Trinajstić information content (AvgIpc) is 2.75. The van der Waals surface area contributed by atoms with Gasteiger partial charge in [0, 0.05) is 26.1 Å². The van der Waals surface area contributed by atoms with Crippen molar-refractivity contribution in [2.24, 2.45) is 0 Å². The van der Waals surface area contributed by atoms with Crippen LogP contribution in [0.4, 0.5) is 0 Å². The minimum absolute atomic E-state index is 0.226. The van der Waals surface area contributed by atoms with Gasteiger partial charge in [-0.25, -0.2) is 0 Å². The fourth-order valence-electron chi connectivity index (χ4n) is 3.80. The van der Waals surface area contributed by atoms with Crippen LogP contribution in [0.25, 0.3) is 0 Å². The third kappa shape index (κ3) is 17.7. The Labute approximate surface area is 180 Å². The van der Waals surface area contributed by atoms with Gasteiger partial charge in [-0.05, 0) is 45.1 Å². The number of amides is 1. The summed E-state index contributed by atoms with van der Waals surface area (Å²) in [6.07, 6.45) is 23.3. The van der Waals surface area contributed by atoms with Crippen LogP contribution in [-0.2, 0) is 9.53 Å². The van der Waals surface area contributed by atoms with Gasteiger partial charge in [0.05, 0.1) is 13.2 Å². The van der Waals surface area contributed by atoms with E-state index in [-0.39, 0.29) is 5.91 Å². The molecule has 0 bridgehead atoms. The summed E-state index contributed by atoms with van der Waals surface area (Å²) in [6, 6.07) is 0. The van der Waals surface area contributed by atoms with Gasteiger partial charge in [0.15, 0.2) is 0 Å². The molecule has 0 aromatic carbocycles. The topological polar surface area (TPSA) is 41.6 Å². The van der Waals surface area contributed by atoms with E-state index in [9.17, 15) is 4.79 Å². The van der Waals surface area contributed by atoms with Gasteiger partial charge in [-0.1, -0.05) is 70.4 Å². The van der Waals surface area contributed by atoms with Crippen LogP contribution < -0.4 is 5.32 Å². The second-order valence-electron chi connectivity index (χ2n) is 8.49. The lowest BCUT2D eigenvalue weighted by Crippen LogP contribution is -2.38. The van der Waals surface area contributed by atoms with E-state index in [0.717, 1.165) is 52.2 Å². The van der Waals surface area contributed by atoms with Crippen LogP contribution in [0.5, 0.6) is 0 Å². The summed E-state index contributed by atoms with van der Waals surface area (Å²) in [5.74, 6) is 0.226. The predicted molar refractivity (Wildman–Crippen MR) is 124 cm³/mol. The molecule has 1 amide bonds. The lowest BCUT2D eigenvalue weighted by atomic mass is 10.1. The number of rotatable bonds is 19. The minimum Gasteiger partial charge on any atom is -0.379 e. The summed E-state index contributed by atoms with van der Waals surface area (Å²) in [5, 5.41) is 3.07. The van der Waals surface area contributed by atoms with Gasteiger partial charge < -0.3 is 10.1 Å². The number of hydrogen-bond donors (Lipinski definition) is 1. The maximum Gasteiger partial charge on any atom is 0.219 e. The van der Waals surface area contributed by atoms with Crippen molar-refractivity contribution in [2.45, 2.75) is 103 Å². The summed E-state index contributed by atoms with van der Waals surface area (Å²) >= 11 is 0. The molecular weight excluding hydrogens is 360 g/mol. The molecule has 1 aliphatic heterocycles. The summed E-state index contributed by atoms with van der Waals surface area (Å²) < 4.78 is 5.35. The summed E-state index contributed by atoms with van der Waals surface area (Å²) in [7, 11) is 0. The van der Waals surface area contributed by atoms with Crippen molar-refractivity contribution in [1.29, 1.82) is 0 Å². The van der Waals surface area contributed by atoms with E-state index in [1.807, 2.05) is 0 Å². The Morgan fingerprint density at radius 2 is 1.41 bits per heavy atom. The first kappa shape index (κ1) is 26.2. The first-order valence-corrected chi connectivity index (χ1v) is 12.5. The van der Waals surface area contributed by atoms with E-state index in [4.69, 9.17) is 4.74 Å². The van der Waals surface area contributed by atoms with Gasteiger partial charge in [-0.15, -0.1) is 0 Å². The third-order valence-corrected chi connectivity index (χ3v) is 5.74. The van der Waals surface area contributed by atoms with Crippen LogP contribution in [0, 0.1) is 0 Å². The molecule has 1 aliphatic rings. The van der Waals surface area contributed by atoms with E-state index in [0.29, 0.717) is 6.42 Å². The SMILES string of the molecule is CCCCCCCCC=CCCCCCCCC(=O)NCCCN1CCOCC1. The predicted octanol–water partition coefficient (Wildman–Crippen LogP) is 5.86. The van der Waals surface area contributed by atoms with Crippen LogP contribution in [0.1, 0.15) is 103 Å². The maximum atomic E-state index is 11.9. The van der Waals surface area contributed by atoms with Crippen LogP contribution in [-0.4, -0.2) is 50.2 Å². The molecule has 0 aromatic heterocycles. The molecule has 1 rings (SSSR count). The summed E-state index contributed by atoms with van der Waals surface area (Å²) in [4.78, 5) is 14.3. The molecule has 1 fully saturated rings. The highest BCUT2D eigenvalue weighted by molar-refractivity contribution is 5.75. The highest BCUT2D eigenvalue weighted by atomic mass is 16.5. The molecule has 0 aromatic rings. The number of hydrogen-bond acceptors (Lipinski definition) is 3. The lowest BCUT2D eigenvalue weighted by molar-refractivity contribution is -0.121. The Balaban J connectivity index is 1.76. The van der Waals surface area contributed by atoms with Crippen molar-refractivity contribution in [1.82, 2.24) is 10.2 Å². The van der Waals surface area contributed by atoms with E-state index < -0.39 is 0 Å². The molecule has 0 atom stereocenters. The monoisotopic (exact) mass is 408 g/mol. The largest absolute Gasteiger partial charge is 0.379 e. The first-order chi connectivity index (χ1) is 14.3. The molecular formula is C25H48N2O2. The molecule has 0 spiro atoms. The van der Waals surface area contributed by atoms with E-state index in [1.165, 1.54) is 77.0 Å². The third-order valence-electron chi connectivity index (χ3n) is 5.74. The van der Waals surface area contributed by atoms with Gasteiger partial charge in [0.1, 0.15) is 0 Å². The van der Waals surface area contributed by atoms with Gasteiger partial charge in [-0.3, -0.25) is 9.69 Å². The van der Waals surface area contributed by atoms with E-state index in [1.54, 1.807) is 0 Å². The highest BCUT2D eigenvalue weighted by Gasteiger charge is 2.09. The fraction of sp³-hybridized carbons (Fsp3) is 0.880. The number of carbonyl (C=O) groups is 1. The average molecular weight is 409 g/mol. The molecule has 0 saturated carbocycles. The van der Waals surface area contributed by atoms with Crippen molar-refractivity contribution in [3.8, 4) is 0 Å². The number of morpholine rings is 1. The summed E-state index contributed by atoms with van der Waals surface area (Å²) in [6.45, 7) is 7.91. The Hall–Kier alpha value is -0.870. The molecule has 0 unspecified atom stereocenters. The number of unbranched alkanes of at least 4 members (excludes halogenated alkanes) is 11. The second-order valence-corrected chi connectivity index (χ2v) is 8.49. The van der Waals surface area contributed by atoms with Gasteiger partial charge in [0.25, 0.3) is 0 Å². The Morgan fingerprint density at radius 1 is 0.828 bits per heavy atom. The molecule has 0 radical (unpaired) electrons. The van der Waals surface area contributed by atoms with Crippen molar-refractivity contribution >= 4 is 5.91 Å². The number of allylic oxidation sites excluding steroid dienone is 2. The van der Waals surface area contributed by atoms with Crippen molar-refractivity contribution < 1.29 is 9.53 Å². The van der Waals surface area contributed by atoms with Crippen molar-refractivity contribution in [3.63, 3.8) is 0 Å². The number of nitrogens with zero attached hydrogens (tertiary/aromatic N) is 1. The summed E-state index contributed by atoms with van der Waals surface area (Å²) in [5.41, 5.74) is 0. The zero-order chi connectivity index (χ0) is 20.8. The molecule has 29 heavy (non-hydrogen) atoms. The first-order valence-electron chi connectivity index (χ1n) is 12.5. The fourth-order valence-corrected chi connectivity index (χ4v) is 3.80. The number of carbonyl (C=O) groups excluding carboxylic acids is 1. The quantitative estimate of drug-likeness (QED) is 0.215. The zero-order valence-electron chi connectivity index (χ0n) is 19.3. The molecule has 4 heteroatoms.